The number of anilines is 1. The van der Waals surface area contributed by atoms with E-state index in [4.69, 9.17) is 21.1 Å². The van der Waals surface area contributed by atoms with E-state index in [2.05, 4.69) is 11.9 Å². The lowest BCUT2D eigenvalue weighted by atomic mass is 10.0. The minimum Gasteiger partial charge on any atom is -0.490 e. The van der Waals surface area contributed by atoms with Crippen LogP contribution >= 0.6 is 11.6 Å². The number of halogens is 1. The van der Waals surface area contributed by atoms with Crippen LogP contribution < -0.4 is 19.7 Å². The van der Waals surface area contributed by atoms with Crippen molar-refractivity contribution in [1.82, 2.24) is 5.32 Å². The number of aryl methyl sites for hydroxylation is 2. The van der Waals surface area contributed by atoms with Crippen molar-refractivity contribution in [3.05, 3.63) is 70.3 Å². The quantitative estimate of drug-likeness (QED) is 0.376. The van der Waals surface area contributed by atoms with Gasteiger partial charge in [0.25, 0.3) is 11.8 Å². The average molecular weight is 455 g/mol. The van der Waals surface area contributed by atoms with Crippen molar-refractivity contribution in [2.75, 3.05) is 18.1 Å². The molecular formula is C24H23ClN2O5. The molecule has 32 heavy (non-hydrogen) atoms. The molecular weight excluding hydrogens is 432 g/mol. The molecule has 4 amide bonds. The summed E-state index contributed by atoms with van der Waals surface area (Å²) in [5, 5.41) is 2.47. The standard InChI is InChI=1S/C24H23ClN2O5/c1-5-9-32-21-18(25)12-16(13-20(21)31-6-2)11-17-22(28)26-24(30)27(23(17)29)19-8-7-14(3)10-15(19)4/h5,7-8,10-13H,1,6,9H2,2-4H3,(H,26,28,30)/b17-11+. The Balaban J connectivity index is 2.04. The van der Waals surface area contributed by atoms with Crippen LogP contribution in [0, 0.1) is 13.8 Å². The van der Waals surface area contributed by atoms with E-state index in [0.29, 0.717) is 29.4 Å². The summed E-state index contributed by atoms with van der Waals surface area (Å²) in [4.78, 5) is 39.1. The van der Waals surface area contributed by atoms with Gasteiger partial charge in [-0.1, -0.05) is 42.0 Å². The first-order valence-electron chi connectivity index (χ1n) is 9.95. The van der Waals surface area contributed by atoms with Crippen LogP contribution in [0.5, 0.6) is 11.5 Å². The highest BCUT2D eigenvalue weighted by atomic mass is 35.5. The third kappa shape index (κ3) is 4.68. The number of hydrogen-bond donors (Lipinski definition) is 1. The average Bonchev–Trinajstić information content (AvgIpc) is 2.72. The van der Waals surface area contributed by atoms with E-state index in [1.54, 1.807) is 37.3 Å². The molecule has 1 heterocycles. The highest BCUT2D eigenvalue weighted by molar-refractivity contribution is 6.39. The van der Waals surface area contributed by atoms with Gasteiger partial charge in [0, 0.05) is 0 Å². The maximum Gasteiger partial charge on any atom is 0.335 e. The molecule has 0 saturated carbocycles. The van der Waals surface area contributed by atoms with Crippen molar-refractivity contribution in [3.8, 4) is 11.5 Å². The molecule has 0 spiro atoms. The predicted molar refractivity (Wildman–Crippen MR) is 123 cm³/mol. The lowest BCUT2D eigenvalue weighted by Gasteiger charge is -2.27. The van der Waals surface area contributed by atoms with Crippen molar-refractivity contribution in [1.29, 1.82) is 0 Å². The lowest BCUT2D eigenvalue weighted by molar-refractivity contribution is -0.122. The third-order valence-corrected chi connectivity index (χ3v) is 4.96. The molecule has 8 heteroatoms. The maximum absolute atomic E-state index is 13.2. The first-order valence-corrected chi connectivity index (χ1v) is 10.3. The van der Waals surface area contributed by atoms with E-state index in [-0.39, 0.29) is 17.2 Å². The van der Waals surface area contributed by atoms with E-state index in [9.17, 15) is 14.4 Å². The summed E-state index contributed by atoms with van der Waals surface area (Å²) < 4.78 is 11.2. The van der Waals surface area contributed by atoms with Crippen LogP contribution in [0.15, 0.2) is 48.6 Å². The summed E-state index contributed by atoms with van der Waals surface area (Å²) in [5.74, 6) is -0.824. The fourth-order valence-corrected chi connectivity index (χ4v) is 3.59. The largest absolute Gasteiger partial charge is 0.490 e. The summed E-state index contributed by atoms with van der Waals surface area (Å²) in [7, 11) is 0. The van der Waals surface area contributed by atoms with Crippen molar-refractivity contribution < 1.29 is 23.9 Å². The van der Waals surface area contributed by atoms with Crippen LogP contribution in [0.3, 0.4) is 0 Å². The molecule has 3 rings (SSSR count). The van der Waals surface area contributed by atoms with E-state index in [1.807, 2.05) is 19.9 Å². The van der Waals surface area contributed by atoms with Crippen LogP contribution in [0.2, 0.25) is 5.02 Å². The van der Waals surface area contributed by atoms with Crippen molar-refractivity contribution >= 4 is 41.2 Å². The number of carbonyl (C=O) groups is 3. The number of ether oxygens (including phenoxy) is 2. The van der Waals surface area contributed by atoms with Gasteiger partial charge in [0.1, 0.15) is 12.2 Å². The molecule has 1 aliphatic heterocycles. The van der Waals surface area contributed by atoms with E-state index >= 15 is 0 Å². The molecule has 0 aliphatic carbocycles. The number of nitrogens with one attached hydrogen (secondary N) is 1. The molecule has 1 fully saturated rings. The summed E-state index contributed by atoms with van der Waals surface area (Å²) in [5.41, 5.74) is 2.35. The highest BCUT2D eigenvalue weighted by Gasteiger charge is 2.37. The van der Waals surface area contributed by atoms with Gasteiger partial charge >= 0.3 is 6.03 Å². The molecule has 1 saturated heterocycles. The summed E-state index contributed by atoms with van der Waals surface area (Å²) >= 11 is 6.36. The van der Waals surface area contributed by atoms with Gasteiger partial charge < -0.3 is 9.47 Å². The topological polar surface area (TPSA) is 84.9 Å². The Labute approximate surface area is 191 Å². The van der Waals surface area contributed by atoms with E-state index in [0.717, 1.165) is 16.0 Å². The van der Waals surface area contributed by atoms with Gasteiger partial charge in [0.05, 0.1) is 17.3 Å². The molecule has 0 atom stereocenters. The van der Waals surface area contributed by atoms with Crippen molar-refractivity contribution in [2.24, 2.45) is 0 Å². The minimum absolute atomic E-state index is 0.206. The fraction of sp³-hybridized carbons (Fsp3) is 0.208. The van der Waals surface area contributed by atoms with Gasteiger partial charge in [-0.05, 0) is 56.2 Å². The second-order valence-electron chi connectivity index (χ2n) is 7.11. The lowest BCUT2D eigenvalue weighted by Crippen LogP contribution is -2.54. The molecule has 0 radical (unpaired) electrons. The van der Waals surface area contributed by atoms with Crippen molar-refractivity contribution in [2.45, 2.75) is 20.8 Å². The van der Waals surface area contributed by atoms with Crippen LogP contribution in [0.4, 0.5) is 10.5 Å². The Kier molecular flexibility index (Phi) is 7.00. The number of amides is 4. The van der Waals surface area contributed by atoms with Crippen LogP contribution in [-0.4, -0.2) is 31.1 Å². The number of benzene rings is 2. The van der Waals surface area contributed by atoms with E-state index < -0.39 is 17.8 Å². The number of urea groups is 1. The molecule has 166 valence electrons. The fourth-order valence-electron chi connectivity index (χ4n) is 3.32. The second kappa shape index (κ2) is 9.70. The predicted octanol–water partition coefficient (Wildman–Crippen LogP) is 4.59. The molecule has 0 unspecified atom stereocenters. The Bertz CT molecular complexity index is 1140. The number of barbiturate groups is 1. The molecule has 0 aromatic heterocycles. The number of rotatable bonds is 7. The molecule has 2 aromatic carbocycles. The smallest absolute Gasteiger partial charge is 0.335 e. The number of imide groups is 2. The Hall–Kier alpha value is -3.58. The molecule has 0 bridgehead atoms. The van der Waals surface area contributed by atoms with Crippen molar-refractivity contribution in [3.63, 3.8) is 0 Å². The Morgan fingerprint density at radius 3 is 2.53 bits per heavy atom. The zero-order valence-corrected chi connectivity index (χ0v) is 18.8. The van der Waals surface area contributed by atoms with Gasteiger partial charge in [-0.15, -0.1) is 0 Å². The number of nitrogens with zero attached hydrogens (tertiary/aromatic N) is 1. The SMILES string of the molecule is C=CCOc1c(Cl)cc(/C=C2\C(=O)NC(=O)N(c3ccc(C)cc3C)C2=O)cc1OCC. The Morgan fingerprint density at radius 2 is 1.88 bits per heavy atom. The summed E-state index contributed by atoms with van der Waals surface area (Å²) in [6, 6.07) is 7.67. The second-order valence-corrected chi connectivity index (χ2v) is 7.52. The number of hydrogen-bond acceptors (Lipinski definition) is 5. The number of carbonyl (C=O) groups excluding carboxylic acids is 3. The Morgan fingerprint density at radius 1 is 1.12 bits per heavy atom. The first kappa shape index (κ1) is 23.1. The molecule has 1 N–H and O–H groups in total. The van der Waals surface area contributed by atoms with Gasteiger partial charge in [0.2, 0.25) is 0 Å². The molecule has 2 aromatic rings. The first-order chi connectivity index (χ1) is 15.3. The summed E-state index contributed by atoms with van der Waals surface area (Å²) in [6.45, 7) is 9.70. The minimum atomic E-state index is -0.801. The maximum atomic E-state index is 13.2. The van der Waals surface area contributed by atoms with Gasteiger partial charge in [-0.2, -0.15) is 0 Å². The molecule has 1 aliphatic rings. The summed E-state index contributed by atoms with van der Waals surface area (Å²) in [6.07, 6.45) is 2.94. The highest BCUT2D eigenvalue weighted by Crippen LogP contribution is 2.37. The van der Waals surface area contributed by atoms with Gasteiger partial charge in [0.15, 0.2) is 11.5 Å². The zero-order valence-electron chi connectivity index (χ0n) is 18.0. The zero-order chi connectivity index (χ0) is 23.4. The normalized spacial score (nSPS) is 15.1. The van der Waals surface area contributed by atoms with Crippen LogP contribution in [0.25, 0.3) is 6.08 Å². The van der Waals surface area contributed by atoms with Gasteiger partial charge in [-0.25, -0.2) is 9.69 Å². The van der Waals surface area contributed by atoms with Gasteiger partial charge in [-0.3, -0.25) is 14.9 Å². The third-order valence-electron chi connectivity index (χ3n) is 4.68. The van der Waals surface area contributed by atoms with E-state index in [1.165, 1.54) is 6.08 Å². The van der Waals surface area contributed by atoms with Crippen LogP contribution in [0.1, 0.15) is 23.6 Å². The monoisotopic (exact) mass is 454 g/mol. The molecule has 7 nitrogen and oxygen atoms in total. The van der Waals surface area contributed by atoms with Crippen LogP contribution in [-0.2, 0) is 9.59 Å².